The van der Waals surface area contributed by atoms with Crippen molar-refractivity contribution in [1.29, 1.82) is 0 Å². The van der Waals surface area contributed by atoms with Gasteiger partial charge in [0, 0.05) is 0 Å². The molecule has 2 fully saturated rings. The Balaban J connectivity index is 2.42. The van der Waals surface area contributed by atoms with Crippen molar-refractivity contribution in [3.05, 3.63) is 12.7 Å². The van der Waals surface area contributed by atoms with Gasteiger partial charge in [0.1, 0.15) is 0 Å². The van der Waals surface area contributed by atoms with E-state index in [9.17, 15) is 24.0 Å². The van der Waals surface area contributed by atoms with Gasteiger partial charge in [-0.25, -0.2) is 0 Å². The molecule has 2 rings (SSSR count). The second kappa shape index (κ2) is 12.7. The van der Waals surface area contributed by atoms with Crippen molar-refractivity contribution in [2.75, 3.05) is 13.1 Å². The fraction of sp³-hybridized carbons (Fsp3) is 0.774. The summed E-state index contributed by atoms with van der Waals surface area (Å²) in [5, 5.41) is 8.38. The average molecular weight is 688 g/mol. The molecule has 5 atom stereocenters. The monoisotopic (exact) mass is 687 g/mol. The Morgan fingerprint density at radius 1 is 0.976 bits per heavy atom. The SMILES string of the molecule is C=CCNC(=O)C(=O)C(CC(C)(C)C)NC(=O)[C@@H]1C2C(CN1C(=O)[C@@H](NC(=O)CC(C)(C)C)C(C)(C)C)[I-]C2(C)C. The van der Waals surface area contributed by atoms with Gasteiger partial charge in [-0.2, -0.15) is 0 Å². The third-order valence-electron chi connectivity index (χ3n) is 7.39. The number of alkyl halides is 2. The van der Waals surface area contributed by atoms with E-state index in [2.05, 4.69) is 36.4 Å². The van der Waals surface area contributed by atoms with Crippen molar-refractivity contribution in [2.24, 2.45) is 22.2 Å². The molecule has 0 aliphatic carbocycles. The quantitative estimate of drug-likeness (QED) is 0.127. The molecule has 2 aliphatic rings. The number of carbonyl (C=O) groups is 5. The first-order chi connectivity index (χ1) is 18.5. The first-order valence-corrected chi connectivity index (χ1v) is 16.8. The van der Waals surface area contributed by atoms with E-state index >= 15 is 0 Å². The summed E-state index contributed by atoms with van der Waals surface area (Å²) in [5.74, 6) is -2.45. The van der Waals surface area contributed by atoms with Gasteiger partial charge >= 0.3 is 258 Å². The van der Waals surface area contributed by atoms with Crippen LogP contribution in [0.4, 0.5) is 0 Å². The molecule has 41 heavy (non-hydrogen) atoms. The topological polar surface area (TPSA) is 125 Å². The number of carbonyl (C=O) groups excluding carboxylic acids is 5. The minimum absolute atomic E-state index is 0.0508. The first kappa shape index (κ1) is 35.2. The van der Waals surface area contributed by atoms with E-state index in [-0.39, 0.29) is 76.5 Å². The van der Waals surface area contributed by atoms with Gasteiger partial charge in [0.25, 0.3) is 0 Å². The number of ketones is 1. The maximum absolute atomic E-state index is 14.2. The molecule has 2 saturated heterocycles. The Morgan fingerprint density at radius 2 is 1.56 bits per heavy atom. The van der Waals surface area contributed by atoms with Crippen molar-refractivity contribution in [1.82, 2.24) is 20.9 Å². The third-order valence-corrected chi connectivity index (χ3v) is 11.7. The van der Waals surface area contributed by atoms with Crippen molar-refractivity contribution in [3.63, 3.8) is 0 Å². The summed E-state index contributed by atoms with van der Waals surface area (Å²) >= 11 is -0.265. The van der Waals surface area contributed by atoms with E-state index in [1.54, 1.807) is 4.90 Å². The summed E-state index contributed by atoms with van der Waals surface area (Å²) in [4.78, 5) is 68.6. The summed E-state index contributed by atoms with van der Waals surface area (Å²) < 4.78 is 0.181. The van der Waals surface area contributed by atoms with Crippen LogP contribution in [-0.4, -0.2) is 72.9 Å². The molecule has 234 valence electrons. The van der Waals surface area contributed by atoms with Crippen LogP contribution in [0.5, 0.6) is 0 Å². The minimum atomic E-state index is -1.04. The number of rotatable bonds is 10. The molecular weight excluding hydrogens is 635 g/mol. The predicted molar refractivity (Wildman–Crippen MR) is 157 cm³/mol. The van der Waals surface area contributed by atoms with Crippen LogP contribution in [0.15, 0.2) is 12.7 Å². The van der Waals surface area contributed by atoms with Crippen LogP contribution in [0, 0.1) is 22.2 Å². The number of hydrogen-bond donors (Lipinski definition) is 3. The number of amides is 4. The Morgan fingerprint density at radius 3 is 2.02 bits per heavy atom. The van der Waals surface area contributed by atoms with E-state index < -0.39 is 41.1 Å². The zero-order chi connectivity index (χ0) is 31.7. The molecule has 2 heterocycles. The second-order valence-corrected chi connectivity index (χ2v) is 20.4. The molecule has 3 unspecified atom stereocenters. The van der Waals surface area contributed by atoms with Gasteiger partial charge in [-0.05, 0) is 0 Å². The number of nitrogens with zero attached hydrogens (tertiary/aromatic N) is 1. The Hall–Kier alpha value is -1.98. The molecule has 0 aromatic heterocycles. The Bertz CT molecular complexity index is 1050. The van der Waals surface area contributed by atoms with E-state index in [1.165, 1.54) is 6.08 Å². The Labute approximate surface area is 257 Å². The van der Waals surface area contributed by atoms with Crippen molar-refractivity contribution in [2.45, 2.75) is 114 Å². The summed E-state index contributed by atoms with van der Waals surface area (Å²) in [6, 6.07) is -2.64. The number of Topliss-reactive ketones (excluding diaryl/α,β-unsaturated/α-hetero) is 1. The van der Waals surface area contributed by atoms with Crippen LogP contribution in [0.25, 0.3) is 0 Å². The molecule has 2 aliphatic heterocycles. The normalized spacial score (nSPS) is 23.6. The van der Waals surface area contributed by atoms with Crippen LogP contribution < -0.4 is 37.2 Å². The van der Waals surface area contributed by atoms with E-state index in [0.717, 1.165) is 0 Å². The van der Waals surface area contributed by atoms with Gasteiger partial charge in [0.15, 0.2) is 0 Å². The summed E-state index contributed by atoms with van der Waals surface area (Å²) in [6.45, 7) is 25.9. The van der Waals surface area contributed by atoms with Gasteiger partial charge in [-0.15, -0.1) is 0 Å². The maximum atomic E-state index is 14.2. The zero-order valence-corrected chi connectivity index (χ0v) is 29.0. The molecule has 0 aromatic carbocycles. The van der Waals surface area contributed by atoms with Gasteiger partial charge in [0.05, 0.1) is 0 Å². The Kier molecular flexibility index (Phi) is 10.9. The molecule has 0 spiro atoms. The number of hydrogen-bond acceptors (Lipinski definition) is 5. The second-order valence-electron chi connectivity index (χ2n) is 15.4. The average Bonchev–Trinajstić information content (AvgIpc) is 3.12. The van der Waals surface area contributed by atoms with Crippen LogP contribution in [0.2, 0.25) is 0 Å². The standard InChI is InChI=1S/C31H52IN4O5/c1-13-14-33-26(40)23(38)19(15-28(2,3)4)34-25(39)22-21-18(32-31(21,11)12)17-36(22)27(41)24(30(8,9)10)35-20(37)16-29(5,6)7/h13,18-19,21-22,24H,1,14-17H2,2-12H3,(H,33,40)(H,34,39)(H,35,37)/q-1/t18?,19?,21?,22-,24+/m0/s1. The van der Waals surface area contributed by atoms with Crippen molar-refractivity contribution >= 4 is 29.4 Å². The fourth-order valence-corrected chi connectivity index (χ4v) is 10.6. The molecule has 4 amide bonds. The molecular formula is C31H52IN4O5-. The van der Waals surface area contributed by atoms with E-state index in [0.29, 0.717) is 6.54 Å². The number of likely N-dealkylation sites (tertiary alicyclic amines) is 1. The van der Waals surface area contributed by atoms with Crippen LogP contribution in [0.1, 0.15) is 89.0 Å². The van der Waals surface area contributed by atoms with E-state index in [4.69, 9.17) is 0 Å². The van der Waals surface area contributed by atoms with Gasteiger partial charge in [0.2, 0.25) is 0 Å². The molecule has 0 radical (unpaired) electrons. The van der Waals surface area contributed by atoms with E-state index in [1.807, 2.05) is 62.3 Å². The number of halogens is 1. The van der Waals surface area contributed by atoms with Crippen molar-refractivity contribution in [3.8, 4) is 0 Å². The van der Waals surface area contributed by atoms with Crippen LogP contribution in [-0.2, 0) is 24.0 Å². The molecule has 0 aromatic rings. The zero-order valence-electron chi connectivity index (χ0n) is 26.9. The molecule has 0 bridgehead atoms. The number of nitrogens with one attached hydrogen (secondary N) is 3. The van der Waals surface area contributed by atoms with Crippen LogP contribution in [0.3, 0.4) is 0 Å². The molecule has 3 N–H and O–H groups in total. The fourth-order valence-electron chi connectivity index (χ4n) is 5.61. The first-order valence-electron chi connectivity index (χ1n) is 14.5. The van der Waals surface area contributed by atoms with Crippen molar-refractivity contribution < 1.29 is 45.2 Å². The molecule has 0 saturated carbocycles. The summed E-state index contributed by atoms with van der Waals surface area (Å²) in [5.41, 5.74) is -1.19. The van der Waals surface area contributed by atoms with Gasteiger partial charge < -0.3 is 0 Å². The van der Waals surface area contributed by atoms with Gasteiger partial charge in [-0.3, -0.25) is 0 Å². The predicted octanol–water partition coefficient (Wildman–Crippen LogP) is -0.177. The third kappa shape index (κ3) is 9.25. The molecule has 10 heteroatoms. The summed E-state index contributed by atoms with van der Waals surface area (Å²) in [7, 11) is 0. The number of fused-ring (bicyclic) bond motifs is 1. The van der Waals surface area contributed by atoms with Crippen LogP contribution >= 0.6 is 0 Å². The summed E-state index contributed by atoms with van der Waals surface area (Å²) in [6.07, 6.45) is 2.01. The molecule has 9 nitrogen and oxygen atoms in total. The van der Waals surface area contributed by atoms with Gasteiger partial charge in [-0.1, -0.05) is 0 Å².